The summed E-state index contributed by atoms with van der Waals surface area (Å²) in [5.74, 6) is -0.807. The van der Waals surface area contributed by atoms with Crippen molar-refractivity contribution in [3.8, 4) is 0 Å². The SMILES string of the molecule is NC(Cc1cc(F)ccc1F)C1Cc2ccccc2S1. The van der Waals surface area contributed by atoms with Crippen LogP contribution < -0.4 is 5.73 Å². The molecule has 0 radical (unpaired) electrons. The first-order valence-electron chi connectivity index (χ1n) is 6.57. The summed E-state index contributed by atoms with van der Waals surface area (Å²) in [7, 11) is 0. The number of halogens is 2. The zero-order valence-electron chi connectivity index (χ0n) is 10.9. The molecular formula is C16H15F2NS. The number of hydrogen-bond acceptors (Lipinski definition) is 2. The molecule has 1 aliphatic rings. The van der Waals surface area contributed by atoms with E-state index in [1.54, 1.807) is 11.8 Å². The van der Waals surface area contributed by atoms with Crippen LogP contribution in [-0.2, 0) is 12.8 Å². The molecule has 2 unspecified atom stereocenters. The molecule has 0 aliphatic carbocycles. The highest BCUT2D eigenvalue weighted by Gasteiger charge is 2.27. The molecule has 4 heteroatoms. The van der Waals surface area contributed by atoms with Gasteiger partial charge in [-0.1, -0.05) is 18.2 Å². The van der Waals surface area contributed by atoms with Crippen LogP contribution in [0.15, 0.2) is 47.4 Å². The fraction of sp³-hybridized carbons (Fsp3) is 0.250. The van der Waals surface area contributed by atoms with Crippen LogP contribution in [0.2, 0.25) is 0 Å². The molecule has 0 fully saturated rings. The van der Waals surface area contributed by atoms with Crippen LogP contribution in [0.25, 0.3) is 0 Å². The quantitative estimate of drug-likeness (QED) is 0.936. The Kier molecular flexibility index (Phi) is 3.76. The Labute approximate surface area is 121 Å². The third kappa shape index (κ3) is 2.72. The van der Waals surface area contributed by atoms with Gasteiger partial charge < -0.3 is 5.73 Å². The van der Waals surface area contributed by atoms with Crippen LogP contribution in [0.3, 0.4) is 0 Å². The smallest absolute Gasteiger partial charge is 0.126 e. The van der Waals surface area contributed by atoms with Crippen LogP contribution in [0.1, 0.15) is 11.1 Å². The van der Waals surface area contributed by atoms with Crippen LogP contribution in [0.4, 0.5) is 8.78 Å². The molecule has 1 heterocycles. The molecule has 0 spiro atoms. The molecule has 104 valence electrons. The molecular weight excluding hydrogens is 276 g/mol. The van der Waals surface area contributed by atoms with Gasteiger partial charge in [-0.25, -0.2) is 8.78 Å². The van der Waals surface area contributed by atoms with Crippen LogP contribution in [-0.4, -0.2) is 11.3 Å². The summed E-state index contributed by atoms with van der Waals surface area (Å²) in [6.07, 6.45) is 1.24. The summed E-state index contributed by atoms with van der Waals surface area (Å²) >= 11 is 1.73. The summed E-state index contributed by atoms with van der Waals surface area (Å²) in [4.78, 5) is 1.24. The molecule has 0 aromatic heterocycles. The second-order valence-electron chi connectivity index (χ2n) is 5.07. The van der Waals surface area contributed by atoms with E-state index in [1.165, 1.54) is 16.5 Å². The minimum absolute atomic E-state index is 0.191. The maximum absolute atomic E-state index is 13.7. The van der Waals surface area contributed by atoms with E-state index in [-0.39, 0.29) is 17.1 Å². The monoisotopic (exact) mass is 291 g/mol. The highest BCUT2D eigenvalue weighted by atomic mass is 32.2. The number of benzene rings is 2. The Morgan fingerprint density at radius 1 is 1.20 bits per heavy atom. The highest BCUT2D eigenvalue weighted by molar-refractivity contribution is 8.00. The van der Waals surface area contributed by atoms with Gasteiger partial charge in [0, 0.05) is 16.2 Å². The summed E-state index contributed by atoms with van der Waals surface area (Å²) in [5.41, 5.74) is 7.84. The molecule has 0 saturated heterocycles. The first-order valence-corrected chi connectivity index (χ1v) is 7.45. The Hall–Kier alpha value is -1.39. The van der Waals surface area contributed by atoms with Crippen LogP contribution in [0, 0.1) is 11.6 Å². The zero-order chi connectivity index (χ0) is 14.1. The molecule has 0 amide bonds. The number of fused-ring (bicyclic) bond motifs is 1. The Morgan fingerprint density at radius 3 is 2.80 bits per heavy atom. The lowest BCUT2D eigenvalue weighted by Gasteiger charge is -2.18. The second kappa shape index (κ2) is 5.54. The number of rotatable bonds is 3. The van der Waals surface area contributed by atoms with Gasteiger partial charge in [0.25, 0.3) is 0 Å². The zero-order valence-corrected chi connectivity index (χ0v) is 11.7. The Morgan fingerprint density at radius 2 is 2.00 bits per heavy atom. The van der Waals surface area contributed by atoms with Gasteiger partial charge in [-0.05, 0) is 48.2 Å². The van der Waals surface area contributed by atoms with Gasteiger partial charge in [-0.3, -0.25) is 0 Å². The van der Waals surface area contributed by atoms with Gasteiger partial charge in [0.05, 0.1) is 0 Å². The predicted molar refractivity (Wildman–Crippen MR) is 77.8 cm³/mol. The lowest BCUT2D eigenvalue weighted by Crippen LogP contribution is -2.34. The predicted octanol–water partition coefficient (Wildman–Crippen LogP) is 3.55. The van der Waals surface area contributed by atoms with Gasteiger partial charge >= 0.3 is 0 Å². The van der Waals surface area contributed by atoms with Crippen molar-refractivity contribution >= 4 is 11.8 Å². The lowest BCUT2D eigenvalue weighted by molar-refractivity contribution is 0.560. The van der Waals surface area contributed by atoms with Crippen molar-refractivity contribution in [1.29, 1.82) is 0 Å². The molecule has 20 heavy (non-hydrogen) atoms. The van der Waals surface area contributed by atoms with E-state index < -0.39 is 5.82 Å². The summed E-state index contributed by atoms with van der Waals surface area (Å²) < 4.78 is 26.8. The molecule has 0 saturated carbocycles. The maximum atomic E-state index is 13.7. The Bertz CT molecular complexity index is 605. The summed E-state index contributed by atoms with van der Waals surface area (Å²) in [5, 5.41) is 0.218. The van der Waals surface area contributed by atoms with E-state index in [0.717, 1.165) is 18.6 Å². The van der Waals surface area contributed by atoms with Crippen LogP contribution >= 0.6 is 11.8 Å². The number of thioether (sulfide) groups is 1. The Balaban J connectivity index is 1.72. The fourth-order valence-corrected chi connectivity index (χ4v) is 3.85. The standard InChI is InChI=1S/C16H15F2NS/c17-12-5-6-13(18)11(7-12)8-14(19)16-9-10-3-1-2-4-15(10)20-16/h1-7,14,16H,8-9,19H2. The third-order valence-corrected chi connectivity index (χ3v) is 5.08. The first-order chi connectivity index (χ1) is 9.63. The van der Waals surface area contributed by atoms with Gasteiger partial charge in [-0.2, -0.15) is 0 Å². The summed E-state index contributed by atoms with van der Waals surface area (Å²) in [6, 6.07) is 11.5. The largest absolute Gasteiger partial charge is 0.326 e. The third-order valence-electron chi connectivity index (χ3n) is 3.61. The van der Waals surface area contributed by atoms with Crippen molar-refractivity contribution in [2.75, 3.05) is 0 Å². The lowest BCUT2D eigenvalue weighted by atomic mass is 9.99. The normalized spacial score (nSPS) is 18.9. The van der Waals surface area contributed by atoms with E-state index in [1.807, 2.05) is 12.1 Å². The molecule has 2 aromatic carbocycles. The number of nitrogens with two attached hydrogens (primary N) is 1. The van der Waals surface area contributed by atoms with Gasteiger partial charge in [-0.15, -0.1) is 11.8 Å². The van der Waals surface area contributed by atoms with Crippen molar-refractivity contribution in [3.63, 3.8) is 0 Å². The highest BCUT2D eigenvalue weighted by Crippen LogP contribution is 2.38. The van der Waals surface area contributed by atoms with Crippen LogP contribution in [0.5, 0.6) is 0 Å². The maximum Gasteiger partial charge on any atom is 0.126 e. The molecule has 3 rings (SSSR count). The summed E-state index contributed by atoms with van der Waals surface area (Å²) in [6.45, 7) is 0. The minimum atomic E-state index is -0.420. The van der Waals surface area contributed by atoms with Crippen molar-refractivity contribution in [3.05, 3.63) is 65.2 Å². The average Bonchev–Trinajstić information content (AvgIpc) is 2.87. The van der Waals surface area contributed by atoms with E-state index in [2.05, 4.69) is 12.1 Å². The molecule has 2 atom stereocenters. The van der Waals surface area contributed by atoms with E-state index in [0.29, 0.717) is 12.0 Å². The van der Waals surface area contributed by atoms with Crippen molar-refractivity contribution < 1.29 is 8.78 Å². The molecule has 1 aliphatic heterocycles. The molecule has 2 N–H and O–H groups in total. The van der Waals surface area contributed by atoms with Crippen molar-refractivity contribution in [2.45, 2.75) is 29.0 Å². The topological polar surface area (TPSA) is 26.0 Å². The first kappa shape index (κ1) is 13.6. The van der Waals surface area contributed by atoms with E-state index >= 15 is 0 Å². The van der Waals surface area contributed by atoms with Crippen molar-refractivity contribution in [1.82, 2.24) is 0 Å². The minimum Gasteiger partial charge on any atom is -0.326 e. The van der Waals surface area contributed by atoms with Gasteiger partial charge in [0.15, 0.2) is 0 Å². The molecule has 0 bridgehead atoms. The van der Waals surface area contributed by atoms with Gasteiger partial charge in [0.1, 0.15) is 11.6 Å². The van der Waals surface area contributed by atoms with Gasteiger partial charge in [0.2, 0.25) is 0 Å². The van der Waals surface area contributed by atoms with Crippen molar-refractivity contribution in [2.24, 2.45) is 5.73 Å². The average molecular weight is 291 g/mol. The fourth-order valence-electron chi connectivity index (χ4n) is 2.53. The number of hydrogen-bond donors (Lipinski definition) is 1. The van der Waals surface area contributed by atoms with E-state index in [9.17, 15) is 8.78 Å². The molecule has 2 aromatic rings. The van der Waals surface area contributed by atoms with E-state index in [4.69, 9.17) is 5.73 Å². The second-order valence-corrected chi connectivity index (χ2v) is 6.35. The molecule has 1 nitrogen and oxygen atoms in total.